The fourth-order valence-corrected chi connectivity index (χ4v) is 3.58. The number of aromatic nitrogens is 2. The number of rotatable bonds is 4. The maximum atomic E-state index is 12.9. The highest BCUT2D eigenvalue weighted by molar-refractivity contribution is 9.10. The first-order valence-electron chi connectivity index (χ1n) is 7.51. The molecular weight excluding hydrogens is 410 g/mol. The Morgan fingerprint density at radius 2 is 2.21 bits per heavy atom. The van der Waals surface area contributed by atoms with Crippen LogP contribution in [0.25, 0.3) is 10.9 Å². The van der Waals surface area contributed by atoms with Gasteiger partial charge in [-0.25, -0.2) is 4.98 Å². The first kappa shape index (κ1) is 17.3. The summed E-state index contributed by atoms with van der Waals surface area (Å²) in [7, 11) is 0. The van der Waals surface area contributed by atoms with E-state index in [1.54, 1.807) is 12.3 Å². The highest BCUT2D eigenvalue weighted by Crippen LogP contribution is 2.22. The molecule has 0 saturated heterocycles. The monoisotopic (exact) mass is 423 g/mol. The molecule has 1 atom stereocenters. The minimum atomic E-state index is -0.171. The van der Waals surface area contributed by atoms with Gasteiger partial charge in [-0.1, -0.05) is 41.4 Å². The second-order valence-electron chi connectivity index (χ2n) is 5.44. The fourth-order valence-electron chi connectivity index (χ4n) is 2.29. The van der Waals surface area contributed by atoms with Crippen molar-refractivity contribution in [1.29, 1.82) is 0 Å². The number of nitrogens with zero attached hydrogens (tertiary/aromatic N) is 3. The Morgan fingerprint density at radius 1 is 1.42 bits per heavy atom. The minimum absolute atomic E-state index is 0.120. The summed E-state index contributed by atoms with van der Waals surface area (Å²) in [4.78, 5) is 18.5. The van der Waals surface area contributed by atoms with Gasteiger partial charge in [-0.2, -0.15) is 9.78 Å². The Kier molecular flexibility index (Phi) is 5.18. The van der Waals surface area contributed by atoms with E-state index in [1.807, 2.05) is 31.2 Å². The van der Waals surface area contributed by atoms with Crippen molar-refractivity contribution in [3.05, 3.63) is 60.2 Å². The van der Waals surface area contributed by atoms with E-state index in [-0.39, 0.29) is 11.5 Å². The lowest BCUT2D eigenvalue weighted by molar-refractivity contribution is 0.613. The lowest BCUT2D eigenvalue weighted by Crippen LogP contribution is -2.23. The molecule has 4 nitrogen and oxygen atoms in total. The van der Waals surface area contributed by atoms with E-state index >= 15 is 0 Å². The van der Waals surface area contributed by atoms with Gasteiger partial charge in [0.15, 0.2) is 0 Å². The maximum Gasteiger partial charge on any atom is 0.282 e. The van der Waals surface area contributed by atoms with Crippen molar-refractivity contribution < 1.29 is 0 Å². The lowest BCUT2D eigenvalue weighted by Gasteiger charge is -2.13. The van der Waals surface area contributed by atoms with Gasteiger partial charge < -0.3 is 0 Å². The Bertz CT molecular complexity index is 980. The predicted octanol–water partition coefficient (Wildman–Crippen LogP) is 5.27. The largest absolute Gasteiger partial charge is 0.282 e. The molecule has 0 aliphatic rings. The fraction of sp³-hybridized carbons (Fsp3) is 0.235. The molecule has 3 aromatic rings. The van der Waals surface area contributed by atoms with Crippen molar-refractivity contribution in [3.8, 4) is 0 Å². The van der Waals surface area contributed by atoms with Crippen molar-refractivity contribution in [3.63, 3.8) is 0 Å². The molecule has 0 N–H and O–H groups in total. The van der Waals surface area contributed by atoms with E-state index in [0.717, 1.165) is 15.8 Å². The Morgan fingerprint density at radius 3 is 2.88 bits per heavy atom. The standard InChI is InChI=1S/C17H15BrClN3OS/c1-3-10(2)16-21-14-6-4-11(18)8-13(14)17(23)22(16)20-9-12-5-7-15(19)24-12/h4-10H,3H2,1-2H3/t10-/m0/s1. The second-order valence-corrected chi connectivity index (χ2v) is 8.11. The van der Waals surface area contributed by atoms with Crippen LogP contribution >= 0.6 is 38.9 Å². The second kappa shape index (κ2) is 7.17. The first-order valence-corrected chi connectivity index (χ1v) is 9.50. The van der Waals surface area contributed by atoms with Crippen LogP contribution in [0.3, 0.4) is 0 Å². The Balaban J connectivity index is 2.20. The lowest BCUT2D eigenvalue weighted by atomic mass is 10.1. The van der Waals surface area contributed by atoms with Gasteiger partial charge in [0.2, 0.25) is 0 Å². The number of hydrogen-bond acceptors (Lipinski definition) is 4. The summed E-state index contributed by atoms with van der Waals surface area (Å²) in [5, 5.41) is 4.93. The third-order valence-corrected chi connectivity index (χ3v) is 5.44. The van der Waals surface area contributed by atoms with Crippen LogP contribution in [0.2, 0.25) is 4.34 Å². The van der Waals surface area contributed by atoms with Crippen LogP contribution in [0.15, 0.2) is 44.7 Å². The van der Waals surface area contributed by atoms with Crippen LogP contribution in [-0.2, 0) is 0 Å². The van der Waals surface area contributed by atoms with Crippen molar-refractivity contribution in [1.82, 2.24) is 9.66 Å². The van der Waals surface area contributed by atoms with E-state index in [2.05, 4.69) is 32.9 Å². The van der Waals surface area contributed by atoms with Gasteiger partial charge >= 0.3 is 0 Å². The Hall–Kier alpha value is -1.50. The van der Waals surface area contributed by atoms with E-state index < -0.39 is 0 Å². The molecule has 0 spiro atoms. The van der Waals surface area contributed by atoms with Gasteiger partial charge in [-0.05, 0) is 36.8 Å². The smallest absolute Gasteiger partial charge is 0.267 e. The minimum Gasteiger partial charge on any atom is -0.267 e. The highest BCUT2D eigenvalue weighted by atomic mass is 79.9. The topological polar surface area (TPSA) is 47.2 Å². The predicted molar refractivity (Wildman–Crippen MR) is 105 cm³/mol. The summed E-state index contributed by atoms with van der Waals surface area (Å²) in [6.07, 6.45) is 2.52. The zero-order valence-electron chi connectivity index (χ0n) is 13.2. The summed E-state index contributed by atoms with van der Waals surface area (Å²) in [6, 6.07) is 9.19. The molecule has 7 heteroatoms. The molecular formula is C17H15BrClN3OS. The quantitative estimate of drug-likeness (QED) is 0.536. The number of benzene rings is 1. The molecule has 0 saturated carbocycles. The molecule has 0 radical (unpaired) electrons. The van der Waals surface area contributed by atoms with E-state index in [9.17, 15) is 4.79 Å². The first-order chi connectivity index (χ1) is 11.5. The molecule has 2 heterocycles. The van der Waals surface area contributed by atoms with Gasteiger partial charge in [0.1, 0.15) is 5.82 Å². The van der Waals surface area contributed by atoms with Gasteiger partial charge in [0, 0.05) is 15.3 Å². The maximum absolute atomic E-state index is 12.9. The number of fused-ring (bicyclic) bond motifs is 1. The molecule has 2 aromatic heterocycles. The number of hydrogen-bond donors (Lipinski definition) is 0. The van der Waals surface area contributed by atoms with Crippen LogP contribution in [0.4, 0.5) is 0 Å². The summed E-state index contributed by atoms with van der Waals surface area (Å²) in [5.74, 6) is 0.783. The van der Waals surface area contributed by atoms with Gasteiger partial charge in [-0.3, -0.25) is 4.79 Å². The zero-order chi connectivity index (χ0) is 17.3. The average molecular weight is 425 g/mol. The molecule has 24 heavy (non-hydrogen) atoms. The van der Waals surface area contributed by atoms with Crippen molar-refractivity contribution in [2.45, 2.75) is 26.2 Å². The molecule has 0 aliphatic carbocycles. The van der Waals surface area contributed by atoms with Crippen molar-refractivity contribution >= 4 is 56.0 Å². The third-order valence-electron chi connectivity index (χ3n) is 3.78. The Labute approximate surface area is 156 Å². The van der Waals surface area contributed by atoms with Crippen molar-refractivity contribution in [2.75, 3.05) is 0 Å². The van der Waals surface area contributed by atoms with Gasteiger partial charge in [0.25, 0.3) is 5.56 Å². The summed E-state index contributed by atoms with van der Waals surface area (Å²) < 4.78 is 2.92. The molecule has 124 valence electrons. The molecule has 0 unspecified atom stereocenters. The van der Waals surface area contributed by atoms with Gasteiger partial charge in [0.05, 0.1) is 21.5 Å². The van der Waals surface area contributed by atoms with E-state index in [0.29, 0.717) is 21.1 Å². The average Bonchev–Trinajstić information content (AvgIpc) is 2.99. The molecule has 0 bridgehead atoms. The molecule has 0 amide bonds. The highest BCUT2D eigenvalue weighted by Gasteiger charge is 2.15. The number of halogens is 2. The van der Waals surface area contributed by atoms with Crippen LogP contribution in [-0.4, -0.2) is 15.9 Å². The van der Waals surface area contributed by atoms with Crippen LogP contribution in [0, 0.1) is 0 Å². The summed E-state index contributed by atoms with van der Waals surface area (Å²) in [6.45, 7) is 4.11. The van der Waals surface area contributed by atoms with Crippen LogP contribution < -0.4 is 5.56 Å². The van der Waals surface area contributed by atoms with Crippen LogP contribution in [0.1, 0.15) is 36.9 Å². The van der Waals surface area contributed by atoms with Crippen molar-refractivity contribution in [2.24, 2.45) is 5.10 Å². The SMILES string of the molecule is CC[C@H](C)c1nc2ccc(Br)cc2c(=O)n1N=Cc1ccc(Cl)s1. The molecule has 1 aromatic carbocycles. The molecule has 0 aliphatic heterocycles. The summed E-state index contributed by atoms with van der Waals surface area (Å²) >= 11 is 10.8. The zero-order valence-corrected chi connectivity index (χ0v) is 16.3. The third kappa shape index (κ3) is 3.45. The van der Waals surface area contributed by atoms with Gasteiger partial charge in [-0.15, -0.1) is 11.3 Å². The molecule has 3 rings (SSSR count). The van der Waals surface area contributed by atoms with E-state index in [4.69, 9.17) is 11.6 Å². The summed E-state index contributed by atoms with van der Waals surface area (Å²) in [5.41, 5.74) is 0.514. The molecule has 0 fully saturated rings. The van der Waals surface area contributed by atoms with Crippen LogP contribution in [0.5, 0.6) is 0 Å². The van der Waals surface area contributed by atoms with E-state index in [1.165, 1.54) is 16.0 Å². The number of thiophene rings is 1. The normalized spacial score (nSPS) is 13.0.